The molecule has 2 N–H and O–H groups in total. The van der Waals surface area contributed by atoms with Gasteiger partial charge in [0.05, 0.1) is 12.2 Å². The number of fused-ring (bicyclic) bond motifs is 1. The van der Waals surface area contributed by atoms with Crippen molar-refractivity contribution in [2.45, 2.75) is 13.8 Å². The molecule has 0 aliphatic heterocycles. The van der Waals surface area contributed by atoms with E-state index >= 15 is 0 Å². The average molecular weight is 246 g/mol. The van der Waals surface area contributed by atoms with Crippen LogP contribution in [0.3, 0.4) is 0 Å². The Labute approximate surface area is 104 Å². The largest absolute Gasteiger partial charge is 0.492 e. The van der Waals surface area contributed by atoms with Gasteiger partial charge >= 0.3 is 0 Å². The lowest BCUT2D eigenvalue weighted by atomic mass is 10.1. The number of hydrogen-bond acceptors (Lipinski definition) is 4. The molecule has 1 aromatic heterocycles. The predicted octanol–water partition coefficient (Wildman–Crippen LogP) is 2.06. The number of pyridine rings is 1. The summed E-state index contributed by atoms with van der Waals surface area (Å²) in [7, 11) is 0. The van der Waals surface area contributed by atoms with E-state index in [-0.39, 0.29) is 0 Å². The van der Waals surface area contributed by atoms with E-state index in [1.165, 1.54) is 0 Å². The van der Waals surface area contributed by atoms with Crippen LogP contribution in [0, 0.1) is 6.92 Å². The zero-order valence-corrected chi connectivity index (χ0v) is 10.2. The molecule has 0 fully saturated rings. The summed E-state index contributed by atoms with van der Waals surface area (Å²) in [4.78, 5) is 16.0. The molecule has 1 amide bonds. The first kappa shape index (κ1) is 12.3. The number of benzene rings is 1. The molecule has 94 valence electrons. The van der Waals surface area contributed by atoms with Gasteiger partial charge in [-0.15, -0.1) is 0 Å². The molecule has 0 aliphatic rings. The third-order valence-corrected chi connectivity index (χ3v) is 2.58. The fourth-order valence-electron chi connectivity index (χ4n) is 1.87. The van der Waals surface area contributed by atoms with Crippen LogP contribution in [0.1, 0.15) is 23.0 Å². The van der Waals surface area contributed by atoms with Gasteiger partial charge in [-0.3, -0.25) is 10.0 Å². The van der Waals surface area contributed by atoms with E-state index in [0.29, 0.717) is 34.5 Å². The zero-order chi connectivity index (χ0) is 13.1. The molecule has 0 radical (unpaired) electrons. The predicted molar refractivity (Wildman–Crippen MR) is 66.9 cm³/mol. The molecule has 2 aromatic rings. The fourth-order valence-corrected chi connectivity index (χ4v) is 1.87. The summed E-state index contributed by atoms with van der Waals surface area (Å²) in [6.45, 7) is 4.20. The second kappa shape index (κ2) is 5.01. The smallest absolute Gasteiger partial charge is 0.275 e. The first-order chi connectivity index (χ1) is 8.67. The van der Waals surface area contributed by atoms with E-state index < -0.39 is 5.91 Å². The van der Waals surface area contributed by atoms with E-state index in [0.717, 1.165) is 0 Å². The highest BCUT2D eigenvalue weighted by molar-refractivity contribution is 6.06. The third-order valence-electron chi connectivity index (χ3n) is 2.58. The van der Waals surface area contributed by atoms with E-state index in [4.69, 9.17) is 9.94 Å². The molecule has 1 heterocycles. The average Bonchev–Trinajstić information content (AvgIpc) is 2.38. The number of amides is 1. The summed E-state index contributed by atoms with van der Waals surface area (Å²) in [5.41, 5.74) is 3.33. The van der Waals surface area contributed by atoms with Crippen LogP contribution >= 0.6 is 0 Å². The van der Waals surface area contributed by atoms with Crippen LogP contribution in [-0.2, 0) is 0 Å². The molecule has 0 unspecified atom stereocenters. The molecule has 0 spiro atoms. The Morgan fingerprint density at radius 2 is 2.28 bits per heavy atom. The lowest BCUT2D eigenvalue weighted by Gasteiger charge is -2.10. The number of nitrogens with one attached hydrogen (secondary N) is 1. The van der Waals surface area contributed by atoms with Crippen LogP contribution in [0.25, 0.3) is 10.9 Å². The summed E-state index contributed by atoms with van der Waals surface area (Å²) in [5, 5.41) is 9.41. The van der Waals surface area contributed by atoms with Crippen molar-refractivity contribution in [2.24, 2.45) is 0 Å². The maximum atomic E-state index is 11.6. The highest BCUT2D eigenvalue weighted by Crippen LogP contribution is 2.27. The maximum Gasteiger partial charge on any atom is 0.275 e. The highest BCUT2D eigenvalue weighted by atomic mass is 16.5. The number of rotatable bonds is 3. The summed E-state index contributed by atoms with van der Waals surface area (Å²) in [6, 6.07) is 7.00. The van der Waals surface area contributed by atoms with Crippen LogP contribution in [0.5, 0.6) is 5.75 Å². The number of hydroxylamine groups is 1. The van der Waals surface area contributed by atoms with Gasteiger partial charge in [0.15, 0.2) is 0 Å². The van der Waals surface area contributed by atoms with Crippen molar-refractivity contribution in [1.82, 2.24) is 10.5 Å². The molecule has 0 saturated heterocycles. The first-order valence-corrected chi connectivity index (χ1v) is 5.65. The molecule has 5 nitrogen and oxygen atoms in total. The molecular formula is C13H14N2O3. The van der Waals surface area contributed by atoms with Gasteiger partial charge in [0, 0.05) is 11.1 Å². The number of ether oxygens (including phenoxy) is 1. The Morgan fingerprint density at radius 1 is 1.50 bits per heavy atom. The number of aromatic nitrogens is 1. The Balaban J connectivity index is 2.73. The van der Waals surface area contributed by atoms with Crippen molar-refractivity contribution < 1.29 is 14.7 Å². The molecule has 0 aliphatic carbocycles. The highest BCUT2D eigenvalue weighted by Gasteiger charge is 2.13. The maximum absolute atomic E-state index is 11.6. The molecule has 2 rings (SSSR count). The van der Waals surface area contributed by atoms with Gasteiger partial charge in [0.1, 0.15) is 11.3 Å². The second-order valence-corrected chi connectivity index (χ2v) is 3.84. The van der Waals surface area contributed by atoms with Crippen molar-refractivity contribution in [3.05, 3.63) is 35.5 Å². The summed E-state index contributed by atoms with van der Waals surface area (Å²) >= 11 is 0. The van der Waals surface area contributed by atoms with Crippen molar-refractivity contribution >= 4 is 16.8 Å². The van der Waals surface area contributed by atoms with E-state index in [9.17, 15) is 4.79 Å². The van der Waals surface area contributed by atoms with Crippen LogP contribution in [-0.4, -0.2) is 22.7 Å². The molecule has 5 heteroatoms. The summed E-state index contributed by atoms with van der Waals surface area (Å²) in [6.07, 6.45) is 0. The standard InChI is InChI=1S/C13H14N2O3/c1-3-18-11-6-4-5-9-10(13(16)15-17)7-8(2)14-12(9)11/h4-7,17H,3H2,1-2H3,(H,15,16). The summed E-state index contributed by atoms with van der Waals surface area (Å²) < 4.78 is 5.49. The quantitative estimate of drug-likeness (QED) is 0.642. The minimum Gasteiger partial charge on any atom is -0.492 e. The van der Waals surface area contributed by atoms with Crippen molar-refractivity contribution in [1.29, 1.82) is 0 Å². The van der Waals surface area contributed by atoms with Crippen LogP contribution in [0.15, 0.2) is 24.3 Å². The van der Waals surface area contributed by atoms with Crippen molar-refractivity contribution in [2.75, 3.05) is 6.61 Å². The minimum atomic E-state index is -0.556. The van der Waals surface area contributed by atoms with Crippen molar-refractivity contribution in [3.63, 3.8) is 0 Å². The van der Waals surface area contributed by atoms with Gasteiger partial charge in [-0.05, 0) is 26.0 Å². The molecule has 1 aromatic carbocycles. The van der Waals surface area contributed by atoms with Gasteiger partial charge in [-0.1, -0.05) is 12.1 Å². The minimum absolute atomic E-state index is 0.376. The monoisotopic (exact) mass is 246 g/mol. The van der Waals surface area contributed by atoms with Gasteiger partial charge < -0.3 is 4.74 Å². The van der Waals surface area contributed by atoms with Crippen LogP contribution < -0.4 is 10.2 Å². The third kappa shape index (κ3) is 2.12. The molecule has 0 bridgehead atoms. The lowest BCUT2D eigenvalue weighted by Crippen LogP contribution is -2.19. The number of nitrogens with zero attached hydrogens (tertiary/aromatic N) is 1. The van der Waals surface area contributed by atoms with E-state index in [1.54, 1.807) is 36.7 Å². The number of carbonyl (C=O) groups excluding carboxylic acids is 1. The molecule has 0 saturated carbocycles. The van der Waals surface area contributed by atoms with Crippen molar-refractivity contribution in [3.8, 4) is 5.75 Å². The second-order valence-electron chi connectivity index (χ2n) is 3.84. The van der Waals surface area contributed by atoms with Crippen LogP contribution in [0.2, 0.25) is 0 Å². The summed E-state index contributed by atoms with van der Waals surface area (Å²) in [5.74, 6) is 0.0739. The topological polar surface area (TPSA) is 71.5 Å². The van der Waals surface area contributed by atoms with Gasteiger partial charge in [-0.25, -0.2) is 10.5 Å². The normalized spacial score (nSPS) is 10.4. The number of carbonyl (C=O) groups is 1. The number of hydrogen-bond donors (Lipinski definition) is 2. The lowest BCUT2D eigenvalue weighted by molar-refractivity contribution is 0.0708. The Morgan fingerprint density at radius 3 is 2.94 bits per heavy atom. The zero-order valence-electron chi connectivity index (χ0n) is 10.2. The van der Waals surface area contributed by atoms with Gasteiger partial charge in [0.25, 0.3) is 5.91 Å². The van der Waals surface area contributed by atoms with E-state index in [2.05, 4.69) is 4.98 Å². The van der Waals surface area contributed by atoms with Gasteiger partial charge in [-0.2, -0.15) is 0 Å². The fraction of sp³-hybridized carbons (Fsp3) is 0.231. The SMILES string of the molecule is CCOc1cccc2c(C(=O)NO)cc(C)nc12. The van der Waals surface area contributed by atoms with Crippen LogP contribution in [0.4, 0.5) is 0 Å². The van der Waals surface area contributed by atoms with E-state index in [1.807, 2.05) is 6.92 Å². The Kier molecular flexibility index (Phi) is 3.43. The van der Waals surface area contributed by atoms with Gasteiger partial charge in [0.2, 0.25) is 0 Å². The molecular weight excluding hydrogens is 232 g/mol. The number of aryl methyl sites for hydroxylation is 1. The Bertz CT molecular complexity index is 596. The first-order valence-electron chi connectivity index (χ1n) is 5.65. The molecule has 18 heavy (non-hydrogen) atoms. The number of para-hydroxylation sites is 1. The molecule has 0 atom stereocenters. The Hall–Kier alpha value is -2.14.